The first-order valence-electron chi connectivity index (χ1n) is 4.91. The van der Waals surface area contributed by atoms with E-state index < -0.39 is 0 Å². The minimum absolute atomic E-state index is 0.546. The van der Waals surface area contributed by atoms with E-state index in [4.69, 9.17) is 34.8 Å². The van der Waals surface area contributed by atoms with Gasteiger partial charge in [-0.05, 0) is 36.1 Å². The van der Waals surface area contributed by atoms with Crippen molar-refractivity contribution in [3.05, 3.63) is 51.5 Å². The summed E-state index contributed by atoms with van der Waals surface area (Å²) < 4.78 is 0. The maximum atomic E-state index is 6.17. The van der Waals surface area contributed by atoms with Gasteiger partial charge >= 0.3 is 0 Å². The van der Waals surface area contributed by atoms with Crippen molar-refractivity contribution >= 4 is 46.6 Å². The predicted molar refractivity (Wildman–Crippen MR) is 78.7 cm³/mol. The maximum Gasteiger partial charge on any atom is 0.0514 e. The molecule has 0 spiro atoms. The molecule has 4 heteroatoms. The number of benzene rings is 2. The highest BCUT2D eigenvalue weighted by Gasteiger charge is 2.09. The lowest BCUT2D eigenvalue weighted by atomic mass is 10.1. The molecule has 0 amide bonds. The van der Waals surface area contributed by atoms with Crippen molar-refractivity contribution in [2.75, 3.05) is 6.26 Å². The van der Waals surface area contributed by atoms with Crippen LogP contribution in [-0.2, 0) is 0 Å². The Morgan fingerprint density at radius 1 is 0.882 bits per heavy atom. The van der Waals surface area contributed by atoms with Crippen molar-refractivity contribution in [2.45, 2.75) is 4.90 Å². The van der Waals surface area contributed by atoms with Crippen molar-refractivity contribution in [3.8, 4) is 11.1 Å². The Hall–Kier alpha value is -0.340. The third-order valence-corrected chi connectivity index (χ3v) is 3.94. The van der Waals surface area contributed by atoms with Gasteiger partial charge in [0, 0.05) is 15.5 Å². The van der Waals surface area contributed by atoms with Gasteiger partial charge in [-0.2, -0.15) is 0 Å². The van der Waals surface area contributed by atoms with Crippen LogP contribution < -0.4 is 0 Å². The van der Waals surface area contributed by atoms with Crippen molar-refractivity contribution in [3.63, 3.8) is 0 Å². The zero-order chi connectivity index (χ0) is 12.4. The number of halogens is 3. The largest absolute Gasteiger partial charge is 0.130 e. The van der Waals surface area contributed by atoms with E-state index in [1.54, 1.807) is 23.9 Å². The monoisotopic (exact) mass is 302 g/mol. The summed E-state index contributed by atoms with van der Waals surface area (Å²) in [5.74, 6) is 0. The Bertz CT molecular complexity index is 512. The highest BCUT2D eigenvalue weighted by Crippen LogP contribution is 2.37. The molecule has 0 unspecified atom stereocenters. The maximum absolute atomic E-state index is 6.17. The molecule has 0 fully saturated rings. The molecule has 0 radical (unpaired) electrons. The minimum Gasteiger partial charge on any atom is -0.130 e. The first-order chi connectivity index (χ1) is 8.11. The van der Waals surface area contributed by atoms with Gasteiger partial charge in [0.25, 0.3) is 0 Å². The lowest BCUT2D eigenvalue weighted by Gasteiger charge is -2.08. The smallest absolute Gasteiger partial charge is 0.0514 e. The first-order valence-corrected chi connectivity index (χ1v) is 7.26. The van der Waals surface area contributed by atoms with E-state index >= 15 is 0 Å². The number of rotatable bonds is 2. The fourth-order valence-corrected chi connectivity index (χ4v) is 3.02. The summed E-state index contributed by atoms with van der Waals surface area (Å²) >= 11 is 19.9. The van der Waals surface area contributed by atoms with Gasteiger partial charge in [-0.25, -0.2) is 0 Å². The van der Waals surface area contributed by atoms with Crippen LogP contribution in [0.25, 0.3) is 11.1 Å². The van der Waals surface area contributed by atoms with Gasteiger partial charge in [-0.15, -0.1) is 11.8 Å². The first kappa shape index (κ1) is 13.1. The van der Waals surface area contributed by atoms with Gasteiger partial charge in [0.15, 0.2) is 0 Å². The molecular formula is C13H9Cl3S. The minimum atomic E-state index is 0.546. The molecule has 17 heavy (non-hydrogen) atoms. The van der Waals surface area contributed by atoms with Crippen molar-refractivity contribution < 1.29 is 0 Å². The Labute approximate surface area is 120 Å². The fraction of sp³-hybridized carbons (Fsp3) is 0.0769. The summed E-state index contributed by atoms with van der Waals surface area (Å²) in [7, 11) is 0. The molecule has 2 aromatic rings. The van der Waals surface area contributed by atoms with Crippen LogP contribution in [0.15, 0.2) is 41.3 Å². The van der Waals surface area contributed by atoms with Gasteiger partial charge in [0.05, 0.1) is 10.0 Å². The van der Waals surface area contributed by atoms with Crippen LogP contribution in [-0.4, -0.2) is 6.26 Å². The van der Waals surface area contributed by atoms with Gasteiger partial charge < -0.3 is 0 Å². The van der Waals surface area contributed by atoms with E-state index in [2.05, 4.69) is 0 Å². The zero-order valence-corrected chi connectivity index (χ0v) is 12.1. The molecule has 0 saturated heterocycles. The van der Waals surface area contributed by atoms with E-state index in [-0.39, 0.29) is 0 Å². The number of hydrogen-bond donors (Lipinski definition) is 0. The molecule has 0 aromatic heterocycles. The van der Waals surface area contributed by atoms with Gasteiger partial charge in [0.2, 0.25) is 0 Å². The molecule has 2 rings (SSSR count). The zero-order valence-electron chi connectivity index (χ0n) is 9.01. The van der Waals surface area contributed by atoms with Crippen molar-refractivity contribution in [1.82, 2.24) is 0 Å². The Balaban J connectivity index is 2.52. The van der Waals surface area contributed by atoms with E-state index in [1.165, 1.54) is 4.90 Å². The highest BCUT2D eigenvalue weighted by molar-refractivity contribution is 7.98. The molecule has 2 aromatic carbocycles. The summed E-state index contributed by atoms with van der Waals surface area (Å²) in [6.07, 6.45) is 2.04. The summed E-state index contributed by atoms with van der Waals surface area (Å²) in [6, 6.07) is 11.5. The van der Waals surface area contributed by atoms with E-state index in [0.717, 1.165) is 11.1 Å². The van der Waals surface area contributed by atoms with Crippen LogP contribution in [0.4, 0.5) is 0 Å². The summed E-state index contributed by atoms with van der Waals surface area (Å²) in [6.45, 7) is 0. The molecule has 0 heterocycles. The number of thioether (sulfide) groups is 1. The van der Waals surface area contributed by atoms with Crippen LogP contribution in [0.5, 0.6) is 0 Å². The van der Waals surface area contributed by atoms with Crippen molar-refractivity contribution in [2.24, 2.45) is 0 Å². The summed E-state index contributed by atoms with van der Waals surface area (Å²) in [5.41, 5.74) is 1.82. The average molecular weight is 304 g/mol. The molecule has 0 aliphatic heterocycles. The van der Waals surface area contributed by atoms with Crippen LogP contribution in [0.1, 0.15) is 0 Å². The SMILES string of the molecule is CSc1ccc(-c2c(Cl)cc(Cl)cc2Cl)cc1. The highest BCUT2D eigenvalue weighted by atomic mass is 35.5. The van der Waals surface area contributed by atoms with Gasteiger partial charge in [-0.1, -0.05) is 46.9 Å². The summed E-state index contributed by atoms with van der Waals surface area (Å²) in [5, 5.41) is 1.68. The second-order valence-electron chi connectivity index (χ2n) is 3.47. The Morgan fingerprint density at radius 3 is 1.88 bits per heavy atom. The lowest BCUT2D eigenvalue weighted by Crippen LogP contribution is -1.82. The molecule has 0 nitrogen and oxygen atoms in total. The molecule has 0 atom stereocenters. The second kappa shape index (κ2) is 5.53. The van der Waals surface area contributed by atoms with Crippen molar-refractivity contribution in [1.29, 1.82) is 0 Å². The van der Waals surface area contributed by atoms with E-state index in [0.29, 0.717) is 15.1 Å². The second-order valence-corrected chi connectivity index (χ2v) is 5.60. The van der Waals surface area contributed by atoms with Crippen LogP contribution >= 0.6 is 46.6 Å². The molecular weight excluding hydrogens is 295 g/mol. The van der Waals surface area contributed by atoms with Crippen LogP contribution in [0, 0.1) is 0 Å². The molecule has 88 valence electrons. The lowest BCUT2D eigenvalue weighted by molar-refractivity contribution is 1.46. The third kappa shape index (κ3) is 2.92. The third-order valence-electron chi connectivity index (χ3n) is 2.39. The fourth-order valence-electron chi connectivity index (χ4n) is 1.58. The Kier molecular flexibility index (Phi) is 4.26. The molecule has 0 aliphatic carbocycles. The topological polar surface area (TPSA) is 0 Å². The van der Waals surface area contributed by atoms with Gasteiger partial charge in [0.1, 0.15) is 0 Å². The van der Waals surface area contributed by atoms with Gasteiger partial charge in [-0.3, -0.25) is 0 Å². The summed E-state index contributed by atoms with van der Waals surface area (Å²) in [4.78, 5) is 1.20. The normalized spacial score (nSPS) is 10.6. The molecule has 0 aliphatic rings. The Morgan fingerprint density at radius 2 is 1.41 bits per heavy atom. The molecule has 0 bridgehead atoms. The van der Waals surface area contributed by atoms with Crippen LogP contribution in [0.2, 0.25) is 15.1 Å². The number of hydrogen-bond acceptors (Lipinski definition) is 1. The predicted octanol–water partition coefficient (Wildman–Crippen LogP) is 6.04. The molecule has 0 N–H and O–H groups in total. The van der Waals surface area contributed by atoms with E-state index in [9.17, 15) is 0 Å². The quantitative estimate of drug-likeness (QED) is 0.610. The standard InChI is InChI=1S/C13H9Cl3S/c1-17-10-4-2-8(3-5-10)13-11(15)6-9(14)7-12(13)16/h2-7H,1H3. The molecule has 0 saturated carbocycles. The van der Waals surface area contributed by atoms with Crippen LogP contribution in [0.3, 0.4) is 0 Å². The van der Waals surface area contributed by atoms with E-state index in [1.807, 2.05) is 30.5 Å². The average Bonchev–Trinajstić information content (AvgIpc) is 2.28.